The standard InChI is InChI=1S/C21H21N3O4/c1-26-17-12-15-19(21(28-3)20(17)27-2)14(11-18(25)23-15)16-9-10-22-24(16)13-7-5-4-6-8-13/h4-10,12,14H,11H2,1-3H3,(H,23,25)/t14-/m0/s1. The lowest BCUT2D eigenvalue weighted by molar-refractivity contribution is -0.116. The van der Waals surface area contributed by atoms with E-state index < -0.39 is 0 Å². The van der Waals surface area contributed by atoms with Gasteiger partial charge in [-0.25, -0.2) is 4.68 Å². The zero-order chi connectivity index (χ0) is 19.7. The molecule has 1 aromatic heterocycles. The number of nitrogens with zero attached hydrogens (tertiary/aromatic N) is 2. The number of amides is 1. The van der Waals surface area contributed by atoms with Gasteiger partial charge in [0.05, 0.1) is 38.4 Å². The van der Waals surface area contributed by atoms with Crippen LogP contribution in [-0.2, 0) is 4.79 Å². The molecular weight excluding hydrogens is 358 g/mol. The van der Waals surface area contributed by atoms with Gasteiger partial charge >= 0.3 is 0 Å². The van der Waals surface area contributed by atoms with Crippen LogP contribution in [0, 0.1) is 0 Å². The number of methoxy groups -OCH3 is 3. The van der Waals surface area contributed by atoms with E-state index in [2.05, 4.69) is 10.4 Å². The summed E-state index contributed by atoms with van der Waals surface area (Å²) in [6.07, 6.45) is 2.01. The maximum Gasteiger partial charge on any atom is 0.225 e. The summed E-state index contributed by atoms with van der Waals surface area (Å²) in [6.45, 7) is 0. The molecule has 0 saturated carbocycles. The number of para-hydroxylation sites is 1. The highest BCUT2D eigenvalue weighted by atomic mass is 16.5. The van der Waals surface area contributed by atoms with E-state index in [9.17, 15) is 4.79 Å². The van der Waals surface area contributed by atoms with Crippen molar-refractivity contribution in [2.45, 2.75) is 12.3 Å². The van der Waals surface area contributed by atoms with Crippen molar-refractivity contribution in [3.05, 3.63) is 59.9 Å². The minimum Gasteiger partial charge on any atom is -0.493 e. The van der Waals surface area contributed by atoms with E-state index >= 15 is 0 Å². The molecule has 1 N–H and O–H groups in total. The molecule has 2 aromatic carbocycles. The number of benzene rings is 2. The Morgan fingerprint density at radius 1 is 1.04 bits per heavy atom. The lowest BCUT2D eigenvalue weighted by Crippen LogP contribution is -2.25. The first kappa shape index (κ1) is 17.9. The van der Waals surface area contributed by atoms with Crippen LogP contribution in [0.2, 0.25) is 0 Å². The minimum absolute atomic E-state index is 0.0763. The van der Waals surface area contributed by atoms with Gasteiger partial charge in [-0.3, -0.25) is 4.79 Å². The quantitative estimate of drug-likeness (QED) is 0.736. The van der Waals surface area contributed by atoms with E-state index in [0.717, 1.165) is 16.9 Å². The van der Waals surface area contributed by atoms with Gasteiger partial charge in [-0.1, -0.05) is 18.2 Å². The molecule has 0 fully saturated rings. The fraction of sp³-hybridized carbons (Fsp3) is 0.238. The molecule has 28 heavy (non-hydrogen) atoms. The van der Waals surface area contributed by atoms with Gasteiger partial charge in [0.25, 0.3) is 0 Å². The maximum atomic E-state index is 12.5. The molecule has 3 aromatic rings. The number of carbonyl (C=O) groups excluding carboxylic acids is 1. The summed E-state index contributed by atoms with van der Waals surface area (Å²) in [4.78, 5) is 12.5. The molecule has 1 amide bonds. The highest BCUT2D eigenvalue weighted by Gasteiger charge is 2.35. The van der Waals surface area contributed by atoms with E-state index in [1.54, 1.807) is 33.6 Å². The second-order valence-electron chi connectivity index (χ2n) is 6.41. The van der Waals surface area contributed by atoms with Gasteiger partial charge < -0.3 is 19.5 Å². The van der Waals surface area contributed by atoms with Crippen LogP contribution in [0.15, 0.2) is 48.7 Å². The highest BCUT2D eigenvalue weighted by molar-refractivity contribution is 5.97. The first-order valence-corrected chi connectivity index (χ1v) is 8.90. The zero-order valence-electron chi connectivity index (χ0n) is 15.9. The van der Waals surface area contributed by atoms with Crippen molar-refractivity contribution in [1.29, 1.82) is 0 Å². The summed E-state index contributed by atoms with van der Waals surface area (Å²) in [6, 6.07) is 13.5. The third-order valence-electron chi connectivity index (χ3n) is 4.91. The van der Waals surface area contributed by atoms with E-state index in [1.807, 2.05) is 41.1 Å². The predicted molar refractivity (Wildman–Crippen MR) is 105 cm³/mol. The lowest BCUT2D eigenvalue weighted by Gasteiger charge is -2.29. The van der Waals surface area contributed by atoms with E-state index in [1.165, 1.54) is 0 Å². The molecular formula is C21H21N3O4. The lowest BCUT2D eigenvalue weighted by atomic mass is 9.86. The van der Waals surface area contributed by atoms with Crippen LogP contribution >= 0.6 is 0 Å². The third kappa shape index (κ3) is 2.85. The van der Waals surface area contributed by atoms with E-state index in [4.69, 9.17) is 14.2 Å². The number of ether oxygens (including phenoxy) is 3. The summed E-state index contributed by atoms with van der Waals surface area (Å²) >= 11 is 0. The molecule has 1 aliphatic heterocycles. The summed E-state index contributed by atoms with van der Waals surface area (Å²) in [5.41, 5.74) is 3.32. The number of anilines is 1. The second kappa shape index (κ2) is 7.26. The Balaban J connectivity index is 1.93. The molecule has 0 unspecified atom stereocenters. The Kier molecular flexibility index (Phi) is 4.65. The Labute approximate surface area is 162 Å². The molecule has 1 atom stereocenters. The highest BCUT2D eigenvalue weighted by Crippen LogP contribution is 2.51. The monoisotopic (exact) mass is 379 g/mol. The van der Waals surface area contributed by atoms with Crippen molar-refractivity contribution in [3.8, 4) is 22.9 Å². The van der Waals surface area contributed by atoms with Crippen molar-refractivity contribution in [3.63, 3.8) is 0 Å². The normalized spacial score (nSPS) is 15.5. The first-order chi connectivity index (χ1) is 13.7. The van der Waals surface area contributed by atoms with Crippen LogP contribution in [0.5, 0.6) is 17.2 Å². The molecule has 0 bridgehead atoms. The van der Waals surface area contributed by atoms with Crippen molar-refractivity contribution in [2.75, 3.05) is 26.6 Å². The van der Waals surface area contributed by atoms with Gasteiger partial charge in [-0.2, -0.15) is 5.10 Å². The van der Waals surface area contributed by atoms with Crippen molar-refractivity contribution >= 4 is 11.6 Å². The largest absolute Gasteiger partial charge is 0.493 e. The summed E-state index contributed by atoms with van der Waals surface area (Å²) in [7, 11) is 4.70. The molecule has 7 nitrogen and oxygen atoms in total. The number of nitrogens with one attached hydrogen (secondary N) is 1. The van der Waals surface area contributed by atoms with Crippen LogP contribution in [-0.4, -0.2) is 37.0 Å². The van der Waals surface area contributed by atoms with Crippen LogP contribution < -0.4 is 19.5 Å². The maximum absolute atomic E-state index is 12.5. The van der Waals surface area contributed by atoms with Gasteiger partial charge in [-0.15, -0.1) is 0 Å². The van der Waals surface area contributed by atoms with Crippen molar-refractivity contribution < 1.29 is 19.0 Å². The predicted octanol–water partition coefficient (Wildman–Crippen LogP) is 3.37. The number of fused-ring (bicyclic) bond motifs is 1. The number of carbonyl (C=O) groups is 1. The van der Waals surface area contributed by atoms with Gasteiger partial charge in [-0.05, 0) is 18.2 Å². The first-order valence-electron chi connectivity index (χ1n) is 8.90. The summed E-state index contributed by atoms with van der Waals surface area (Å²) in [5, 5.41) is 7.41. The molecule has 1 aliphatic rings. The summed E-state index contributed by atoms with van der Waals surface area (Å²) < 4.78 is 18.5. The fourth-order valence-corrected chi connectivity index (χ4v) is 3.73. The van der Waals surface area contributed by atoms with Crippen molar-refractivity contribution in [2.24, 2.45) is 0 Å². The molecule has 0 radical (unpaired) electrons. The molecule has 0 spiro atoms. The van der Waals surface area contributed by atoms with Crippen LogP contribution in [0.1, 0.15) is 23.6 Å². The van der Waals surface area contributed by atoms with Crippen LogP contribution in [0.25, 0.3) is 5.69 Å². The van der Waals surface area contributed by atoms with Gasteiger partial charge in [0, 0.05) is 30.2 Å². The molecule has 0 saturated heterocycles. The average Bonchev–Trinajstić information content (AvgIpc) is 3.21. The van der Waals surface area contributed by atoms with E-state index in [0.29, 0.717) is 22.9 Å². The van der Waals surface area contributed by atoms with Crippen LogP contribution in [0.4, 0.5) is 5.69 Å². The fourth-order valence-electron chi connectivity index (χ4n) is 3.73. The topological polar surface area (TPSA) is 74.6 Å². The number of hydrogen-bond donors (Lipinski definition) is 1. The Morgan fingerprint density at radius 2 is 1.79 bits per heavy atom. The van der Waals surface area contributed by atoms with Crippen LogP contribution in [0.3, 0.4) is 0 Å². The van der Waals surface area contributed by atoms with Crippen molar-refractivity contribution in [1.82, 2.24) is 9.78 Å². The Bertz CT molecular complexity index is 1010. The minimum atomic E-state index is -0.249. The number of aromatic nitrogens is 2. The third-order valence-corrected chi connectivity index (χ3v) is 4.91. The molecule has 4 rings (SSSR count). The Hall–Kier alpha value is -3.48. The number of hydrogen-bond acceptors (Lipinski definition) is 5. The Morgan fingerprint density at radius 3 is 2.46 bits per heavy atom. The van der Waals surface area contributed by atoms with Gasteiger partial charge in [0.1, 0.15) is 0 Å². The van der Waals surface area contributed by atoms with E-state index in [-0.39, 0.29) is 18.2 Å². The number of rotatable bonds is 5. The molecule has 2 heterocycles. The zero-order valence-corrected chi connectivity index (χ0v) is 15.9. The average molecular weight is 379 g/mol. The molecule has 7 heteroatoms. The van der Waals surface area contributed by atoms with Gasteiger partial charge in [0.2, 0.25) is 11.7 Å². The summed E-state index contributed by atoms with van der Waals surface area (Å²) in [5.74, 6) is 1.21. The van der Waals surface area contributed by atoms with Gasteiger partial charge in [0.15, 0.2) is 11.5 Å². The molecule has 0 aliphatic carbocycles. The SMILES string of the molecule is COc1cc2c(c(OC)c1OC)[C@H](c1ccnn1-c1ccccc1)CC(=O)N2. The second-order valence-corrected chi connectivity index (χ2v) is 6.41. The smallest absolute Gasteiger partial charge is 0.225 e. The molecule has 144 valence electrons.